The van der Waals surface area contributed by atoms with Gasteiger partial charge >= 0.3 is 0 Å². The van der Waals surface area contributed by atoms with Crippen LogP contribution in [0.15, 0.2) is 53.0 Å². The second-order valence-electron chi connectivity index (χ2n) is 6.86. The summed E-state index contributed by atoms with van der Waals surface area (Å²) in [5.41, 5.74) is 1.94. The molecule has 1 heterocycles. The summed E-state index contributed by atoms with van der Waals surface area (Å²) in [4.78, 5) is 40.7. The zero-order valence-corrected chi connectivity index (χ0v) is 17.4. The molecular weight excluding hydrogens is 420 g/mol. The summed E-state index contributed by atoms with van der Waals surface area (Å²) in [5, 5.41) is 0. The topological polar surface area (TPSA) is 57.7 Å². The maximum absolute atomic E-state index is 12.7. The maximum Gasteiger partial charge on any atom is 0.261 e. The molecule has 2 aromatic rings. The molecule has 0 aromatic heterocycles. The van der Waals surface area contributed by atoms with Crippen LogP contribution in [0, 0.1) is 0 Å². The fourth-order valence-corrected chi connectivity index (χ4v) is 3.74. The van der Waals surface area contributed by atoms with Crippen LogP contribution in [0.1, 0.15) is 52.5 Å². The predicted octanol–water partition coefficient (Wildman–Crippen LogP) is 4.26. The summed E-state index contributed by atoms with van der Waals surface area (Å²) >= 11 is 3.33. The average molecular weight is 443 g/mol. The first-order valence-corrected chi connectivity index (χ1v) is 10.3. The summed E-state index contributed by atoms with van der Waals surface area (Å²) in [7, 11) is 0. The largest absolute Gasteiger partial charge is 0.338 e. The first-order valence-electron chi connectivity index (χ1n) is 9.48. The highest BCUT2D eigenvalue weighted by Crippen LogP contribution is 2.26. The minimum absolute atomic E-state index is 0.0463. The highest BCUT2D eigenvalue weighted by atomic mass is 79.9. The van der Waals surface area contributed by atoms with Gasteiger partial charge < -0.3 is 4.90 Å². The second-order valence-corrected chi connectivity index (χ2v) is 7.77. The molecule has 1 aliphatic heterocycles. The van der Waals surface area contributed by atoms with Gasteiger partial charge in [0.15, 0.2) is 0 Å². The summed E-state index contributed by atoms with van der Waals surface area (Å²) in [6.07, 6.45) is 1.65. The van der Waals surface area contributed by atoms with Gasteiger partial charge in [-0.1, -0.05) is 53.2 Å². The predicted molar refractivity (Wildman–Crippen MR) is 111 cm³/mol. The van der Waals surface area contributed by atoms with E-state index >= 15 is 0 Å². The van der Waals surface area contributed by atoms with Crippen molar-refractivity contribution < 1.29 is 14.4 Å². The molecular formula is C22H23BrN2O3. The number of carbonyl (C=O) groups is 3. The molecule has 6 heteroatoms. The Bertz CT molecular complexity index is 883. The highest BCUT2D eigenvalue weighted by molar-refractivity contribution is 9.10. The number of benzene rings is 2. The van der Waals surface area contributed by atoms with Crippen LogP contribution < -0.4 is 0 Å². The lowest BCUT2D eigenvalue weighted by Crippen LogP contribution is -2.34. The molecule has 0 N–H and O–H groups in total. The Balaban J connectivity index is 1.57. The van der Waals surface area contributed by atoms with E-state index in [0.717, 1.165) is 16.5 Å². The van der Waals surface area contributed by atoms with E-state index in [4.69, 9.17) is 0 Å². The summed E-state index contributed by atoms with van der Waals surface area (Å²) < 4.78 is 0.764. The number of halogens is 1. The molecule has 0 unspecified atom stereocenters. The van der Waals surface area contributed by atoms with Crippen molar-refractivity contribution in [3.63, 3.8) is 0 Å². The standard InChI is InChI=1S/C22H23BrN2O3/c1-2-12-24(15-16-7-4-3-5-8-16)20(26)9-6-13-25-21(27)18-11-10-17(23)14-19(18)22(25)28/h3-5,7-8,10-11,14H,2,6,9,12-13,15H2,1H3. The molecule has 0 bridgehead atoms. The lowest BCUT2D eigenvalue weighted by atomic mass is 10.1. The molecule has 28 heavy (non-hydrogen) atoms. The van der Waals surface area contributed by atoms with Crippen LogP contribution in [0.3, 0.4) is 0 Å². The van der Waals surface area contributed by atoms with Gasteiger partial charge in [0.25, 0.3) is 11.8 Å². The lowest BCUT2D eigenvalue weighted by molar-refractivity contribution is -0.132. The van der Waals surface area contributed by atoms with Crippen LogP contribution >= 0.6 is 15.9 Å². The molecule has 0 aliphatic carbocycles. The summed E-state index contributed by atoms with van der Waals surface area (Å²) in [5.74, 6) is -0.525. The SMILES string of the molecule is CCCN(Cc1ccccc1)C(=O)CCCN1C(=O)c2ccc(Br)cc2C1=O. The smallest absolute Gasteiger partial charge is 0.261 e. The average Bonchev–Trinajstić information content (AvgIpc) is 2.92. The number of hydrogen-bond donors (Lipinski definition) is 0. The van der Waals surface area contributed by atoms with Gasteiger partial charge in [-0.3, -0.25) is 19.3 Å². The van der Waals surface area contributed by atoms with E-state index in [1.807, 2.05) is 42.2 Å². The molecule has 0 fully saturated rings. The third-order valence-electron chi connectivity index (χ3n) is 4.77. The summed E-state index contributed by atoms with van der Waals surface area (Å²) in [6, 6.07) is 15.0. The zero-order chi connectivity index (χ0) is 20.1. The minimum atomic E-state index is -0.288. The number of amides is 3. The quantitative estimate of drug-likeness (QED) is 0.573. The van der Waals surface area contributed by atoms with Gasteiger partial charge in [-0.15, -0.1) is 0 Å². The number of rotatable bonds is 8. The third kappa shape index (κ3) is 4.50. The maximum atomic E-state index is 12.7. The lowest BCUT2D eigenvalue weighted by Gasteiger charge is -2.23. The van der Waals surface area contributed by atoms with Crippen molar-refractivity contribution in [2.75, 3.05) is 13.1 Å². The number of hydrogen-bond acceptors (Lipinski definition) is 3. The molecule has 0 saturated heterocycles. The van der Waals surface area contributed by atoms with Gasteiger partial charge in [0, 0.05) is 30.5 Å². The molecule has 0 radical (unpaired) electrons. The van der Waals surface area contributed by atoms with Crippen molar-refractivity contribution in [1.82, 2.24) is 9.80 Å². The minimum Gasteiger partial charge on any atom is -0.338 e. The number of nitrogens with zero attached hydrogens (tertiary/aromatic N) is 2. The van der Waals surface area contributed by atoms with Crippen LogP contribution in [0.4, 0.5) is 0 Å². The molecule has 1 aliphatic rings. The zero-order valence-electron chi connectivity index (χ0n) is 15.9. The third-order valence-corrected chi connectivity index (χ3v) is 5.26. The normalized spacial score (nSPS) is 13.0. The van der Waals surface area contributed by atoms with Crippen molar-refractivity contribution in [1.29, 1.82) is 0 Å². The van der Waals surface area contributed by atoms with E-state index in [-0.39, 0.29) is 24.3 Å². The Morgan fingerprint density at radius 3 is 2.46 bits per heavy atom. The van der Waals surface area contributed by atoms with E-state index in [2.05, 4.69) is 15.9 Å². The van der Waals surface area contributed by atoms with Crippen molar-refractivity contribution in [2.24, 2.45) is 0 Å². The molecule has 0 saturated carbocycles. The molecule has 2 aromatic carbocycles. The Morgan fingerprint density at radius 2 is 1.75 bits per heavy atom. The van der Waals surface area contributed by atoms with Crippen LogP contribution in [-0.2, 0) is 11.3 Å². The van der Waals surface area contributed by atoms with Crippen molar-refractivity contribution >= 4 is 33.7 Å². The van der Waals surface area contributed by atoms with Crippen LogP contribution in [0.25, 0.3) is 0 Å². The van der Waals surface area contributed by atoms with E-state index in [1.54, 1.807) is 18.2 Å². The summed E-state index contributed by atoms with van der Waals surface area (Å²) in [6.45, 7) is 3.56. The van der Waals surface area contributed by atoms with E-state index in [0.29, 0.717) is 37.1 Å². The number of fused-ring (bicyclic) bond motifs is 1. The van der Waals surface area contributed by atoms with Gasteiger partial charge in [-0.05, 0) is 36.6 Å². The van der Waals surface area contributed by atoms with Gasteiger partial charge in [-0.25, -0.2) is 0 Å². The van der Waals surface area contributed by atoms with Crippen LogP contribution in [-0.4, -0.2) is 40.6 Å². The molecule has 0 atom stereocenters. The number of carbonyl (C=O) groups excluding carboxylic acids is 3. The highest BCUT2D eigenvalue weighted by Gasteiger charge is 2.35. The van der Waals surface area contributed by atoms with Gasteiger partial charge in [0.05, 0.1) is 11.1 Å². The van der Waals surface area contributed by atoms with E-state index < -0.39 is 0 Å². The van der Waals surface area contributed by atoms with Crippen LogP contribution in [0.2, 0.25) is 0 Å². The fraction of sp³-hybridized carbons (Fsp3) is 0.318. The Labute approximate surface area is 173 Å². The molecule has 3 amide bonds. The van der Waals surface area contributed by atoms with Crippen molar-refractivity contribution in [3.05, 3.63) is 69.7 Å². The van der Waals surface area contributed by atoms with Gasteiger partial charge in [0.2, 0.25) is 5.91 Å². The first-order chi connectivity index (χ1) is 13.5. The Kier molecular flexibility index (Phi) is 6.62. The molecule has 146 valence electrons. The van der Waals surface area contributed by atoms with Gasteiger partial charge in [0.1, 0.15) is 0 Å². The van der Waals surface area contributed by atoms with Crippen LogP contribution in [0.5, 0.6) is 0 Å². The molecule has 3 rings (SSSR count). The molecule has 0 spiro atoms. The second kappa shape index (κ2) is 9.15. The van der Waals surface area contributed by atoms with E-state index in [1.165, 1.54) is 4.90 Å². The van der Waals surface area contributed by atoms with Crippen molar-refractivity contribution in [2.45, 2.75) is 32.7 Å². The van der Waals surface area contributed by atoms with E-state index in [9.17, 15) is 14.4 Å². The van der Waals surface area contributed by atoms with Gasteiger partial charge in [-0.2, -0.15) is 0 Å². The first kappa shape index (κ1) is 20.3. The monoisotopic (exact) mass is 442 g/mol. The Morgan fingerprint density at radius 1 is 1.04 bits per heavy atom. The Hall–Kier alpha value is -2.47. The number of imide groups is 1. The fourth-order valence-electron chi connectivity index (χ4n) is 3.38. The molecule has 5 nitrogen and oxygen atoms in total. The van der Waals surface area contributed by atoms with Crippen molar-refractivity contribution in [3.8, 4) is 0 Å².